The molecule has 114 valence electrons. The average Bonchev–Trinajstić information content (AvgIpc) is 2.75. The first kappa shape index (κ1) is 15.5. The van der Waals surface area contributed by atoms with Crippen molar-refractivity contribution in [2.24, 2.45) is 0 Å². The molecule has 0 bridgehead atoms. The molecule has 2 rings (SSSR count). The number of aliphatic hydroxyl groups excluding tert-OH is 1. The third kappa shape index (κ3) is 3.59. The number of nitrogens with zero attached hydrogens (tertiary/aromatic N) is 2. The minimum Gasteiger partial charge on any atom is -0.393 e. The Labute approximate surface area is 120 Å². The lowest BCUT2D eigenvalue weighted by Crippen LogP contribution is -2.38. The molecule has 0 saturated heterocycles. The molecule has 1 heterocycles. The lowest BCUT2D eigenvalue weighted by atomic mass is 9.94. The van der Waals surface area contributed by atoms with Gasteiger partial charge in [0.05, 0.1) is 6.10 Å². The zero-order valence-corrected chi connectivity index (χ0v) is 12.9. The summed E-state index contributed by atoms with van der Waals surface area (Å²) >= 11 is 0. The second-order valence-electron chi connectivity index (χ2n) is 5.45. The molecule has 1 aromatic rings. The predicted molar refractivity (Wildman–Crippen MR) is 75.8 cm³/mol. The Morgan fingerprint density at radius 3 is 2.65 bits per heavy atom. The number of nitrogens with one attached hydrogen (secondary N) is 1. The number of sulfonamides is 1. The van der Waals surface area contributed by atoms with E-state index in [1.807, 2.05) is 18.4 Å². The van der Waals surface area contributed by atoms with Crippen molar-refractivity contribution in [1.29, 1.82) is 0 Å². The number of aryl methyl sites for hydroxylation is 2. The molecule has 1 aliphatic carbocycles. The van der Waals surface area contributed by atoms with Gasteiger partial charge in [-0.05, 0) is 39.0 Å². The maximum absolute atomic E-state index is 12.3. The molecule has 6 nitrogen and oxygen atoms in total. The lowest BCUT2D eigenvalue weighted by molar-refractivity contribution is 0.120. The van der Waals surface area contributed by atoms with Crippen LogP contribution in [0.3, 0.4) is 0 Å². The van der Waals surface area contributed by atoms with Gasteiger partial charge in [-0.1, -0.05) is 6.92 Å². The summed E-state index contributed by atoms with van der Waals surface area (Å²) in [7, 11) is -3.56. The van der Waals surface area contributed by atoms with Crippen LogP contribution in [0.2, 0.25) is 0 Å². The average molecular weight is 301 g/mol. The van der Waals surface area contributed by atoms with Crippen molar-refractivity contribution < 1.29 is 13.5 Å². The minimum absolute atomic E-state index is 0.0922. The first-order valence-electron chi connectivity index (χ1n) is 7.16. The molecular weight excluding hydrogens is 278 g/mol. The number of rotatable bonds is 5. The smallest absolute Gasteiger partial charge is 0.259 e. The van der Waals surface area contributed by atoms with Crippen molar-refractivity contribution in [2.75, 3.05) is 0 Å². The van der Waals surface area contributed by atoms with Crippen LogP contribution in [0.25, 0.3) is 0 Å². The van der Waals surface area contributed by atoms with E-state index >= 15 is 0 Å². The molecule has 0 spiro atoms. The van der Waals surface area contributed by atoms with Crippen LogP contribution in [0.5, 0.6) is 0 Å². The summed E-state index contributed by atoms with van der Waals surface area (Å²) in [6.45, 7) is 4.62. The topological polar surface area (TPSA) is 84.2 Å². The van der Waals surface area contributed by atoms with Gasteiger partial charge >= 0.3 is 0 Å². The molecule has 0 aliphatic heterocycles. The van der Waals surface area contributed by atoms with Crippen LogP contribution < -0.4 is 4.72 Å². The molecule has 0 amide bonds. The molecule has 1 fully saturated rings. The Balaban J connectivity index is 2.08. The monoisotopic (exact) mass is 301 g/mol. The lowest BCUT2D eigenvalue weighted by Gasteiger charge is -2.25. The number of aromatic nitrogens is 2. The molecule has 0 radical (unpaired) electrons. The van der Waals surface area contributed by atoms with Crippen LogP contribution in [-0.4, -0.2) is 35.2 Å². The second kappa shape index (κ2) is 6.24. The van der Waals surface area contributed by atoms with E-state index in [1.54, 1.807) is 6.20 Å². The van der Waals surface area contributed by atoms with Gasteiger partial charge in [0.1, 0.15) is 5.82 Å². The summed E-state index contributed by atoms with van der Waals surface area (Å²) in [5.74, 6) is 0.714. The summed E-state index contributed by atoms with van der Waals surface area (Å²) in [6, 6.07) is -0.0972. The summed E-state index contributed by atoms with van der Waals surface area (Å²) in [4.78, 5) is 4.14. The predicted octanol–water partition coefficient (Wildman–Crippen LogP) is 1.18. The minimum atomic E-state index is -3.56. The van der Waals surface area contributed by atoms with Gasteiger partial charge in [-0.2, -0.15) is 0 Å². The van der Waals surface area contributed by atoms with Crippen molar-refractivity contribution in [3.05, 3.63) is 12.0 Å². The molecule has 1 saturated carbocycles. The molecule has 20 heavy (non-hydrogen) atoms. The van der Waals surface area contributed by atoms with Crippen LogP contribution >= 0.6 is 0 Å². The molecule has 0 atom stereocenters. The number of imidazole rings is 1. The number of hydrogen-bond acceptors (Lipinski definition) is 4. The third-order valence-corrected chi connectivity index (χ3v) is 5.10. The van der Waals surface area contributed by atoms with Gasteiger partial charge < -0.3 is 9.67 Å². The van der Waals surface area contributed by atoms with Gasteiger partial charge in [0.25, 0.3) is 10.0 Å². The molecule has 1 aliphatic rings. The Kier molecular flexibility index (Phi) is 4.82. The van der Waals surface area contributed by atoms with Crippen LogP contribution in [0.15, 0.2) is 11.2 Å². The van der Waals surface area contributed by atoms with E-state index in [9.17, 15) is 13.5 Å². The second-order valence-corrected chi connectivity index (χ2v) is 7.11. The highest BCUT2D eigenvalue weighted by Gasteiger charge is 2.26. The van der Waals surface area contributed by atoms with Crippen LogP contribution in [0.1, 0.15) is 44.9 Å². The SMILES string of the molecule is CCCn1cc(S(=O)(=O)NC2CCC(O)CC2)nc1C. The Morgan fingerprint density at radius 2 is 2.05 bits per heavy atom. The third-order valence-electron chi connectivity index (χ3n) is 3.71. The van der Waals surface area contributed by atoms with Crippen molar-refractivity contribution in [2.45, 2.75) is 69.7 Å². The standard InChI is InChI=1S/C13H23N3O3S/c1-3-8-16-9-13(14-10(16)2)20(18,19)15-11-4-6-12(17)7-5-11/h9,11-12,15,17H,3-8H2,1-2H3. The van der Waals surface area contributed by atoms with Crippen molar-refractivity contribution >= 4 is 10.0 Å². The molecule has 0 aromatic carbocycles. The zero-order chi connectivity index (χ0) is 14.8. The fourth-order valence-corrected chi connectivity index (χ4v) is 3.86. The van der Waals surface area contributed by atoms with Gasteiger partial charge in [0.15, 0.2) is 5.03 Å². The van der Waals surface area contributed by atoms with Gasteiger partial charge in [0, 0.05) is 18.8 Å². The summed E-state index contributed by atoms with van der Waals surface area (Å²) in [5.41, 5.74) is 0. The molecule has 7 heteroatoms. The largest absolute Gasteiger partial charge is 0.393 e. The first-order chi connectivity index (χ1) is 9.42. The Morgan fingerprint density at radius 1 is 1.40 bits per heavy atom. The van der Waals surface area contributed by atoms with Crippen LogP contribution in [0.4, 0.5) is 0 Å². The number of hydrogen-bond donors (Lipinski definition) is 2. The van der Waals surface area contributed by atoms with E-state index in [1.165, 1.54) is 0 Å². The highest BCUT2D eigenvalue weighted by Crippen LogP contribution is 2.20. The van der Waals surface area contributed by atoms with E-state index in [0.717, 1.165) is 13.0 Å². The fourth-order valence-electron chi connectivity index (χ4n) is 2.55. The van der Waals surface area contributed by atoms with Gasteiger partial charge in [-0.25, -0.2) is 18.1 Å². The Bertz CT molecular complexity index is 545. The van der Waals surface area contributed by atoms with Gasteiger partial charge in [-0.3, -0.25) is 0 Å². The van der Waals surface area contributed by atoms with Gasteiger partial charge in [-0.15, -0.1) is 0 Å². The zero-order valence-electron chi connectivity index (χ0n) is 12.0. The first-order valence-corrected chi connectivity index (χ1v) is 8.65. The van der Waals surface area contributed by atoms with E-state index in [2.05, 4.69) is 9.71 Å². The molecule has 2 N–H and O–H groups in total. The highest BCUT2D eigenvalue weighted by molar-refractivity contribution is 7.89. The molecular formula is C13H23N3O3S. The van der Waals surface area contributed by atoms with Crippen molar-refractivity contribution in [3.63, 3.8) is 0 Å². The van der Waals surface area contributed by atoms with Crippen LogP contribution in [-0.2, 0) is 16.6 Å². The van der Waals surface area contributed by atoms with Crippen molar-refractivity contribution in [1.82, 2.24) is 14.3 Å². The highest BCUT2D eigenvalue weighted by atomic mass is 32.2. The quantitative estimate of drug-likeness (QED) is 0.855. The molecule has 1 aromatic heterocycles. The van der Waals surface area contributed by atoms with Crippen LogP contribution in [0, 0.1) is 6.92 Å². The maximum Gasteiger partial charge on any atom is 0.259 e. The van der Waals surface area contributed by atoms with E-state index < -0.39 is 10.0 Å². The van der Waals surface area contributed by atoms with E-state index in [-0.39, 0.29) is 17.2 Å². The fraction of sp³-hybridized carbons (Fsp3) is 0.769. The van der Waals surface area contributed by atoms with Gasteiger partial charge in [0.2, 0.25) is 0 Å². The van der Waals surface area contributed by atoms with E-state index in [0.29, 0.717) is 31.5 Å². The number of aliphatic hydroxyl groups is 1. The van der Waals surface area contributed by atoms with Crippen molar-refractivity contribution in [3.8, 4) is 0 Å². The summed E-state index contributed by atoms with van der Waals surface area (Å²) in [5, 5.41) is 9.54. The summed E-state index contributed by atoms with van der Waals surface area (Å²) < 4.78 is 29.2. The normalized spacial score (nSPS) is 23.9. The molecule has 0 unspecified atom stereocenters. The maximum atomic E-state index is 12.3. The summed E-state index contributed by atoms with van der Waals surface area (Å²) in [6.07, 6.45) is 4.89. The van der Waals surface area contributed by atoms with E-state index in [4.69, 9.17) is 0 Å². The Hall–Kier alpha value is -0.920.